The number of hydrogen-bond acceptors (Lipinski definition) is 4. The number of carboxylic acid groups (broad SMARTS) is 1. The molecule has 0 bridgehead atoms. The fourth-order valence-electron chi connectivity index (χ4n) is 2.75. The molecule has 1 atom stereocenters. The van der Waals surface area contributed by atoms with Gasteiger partial charge in [-0.15, -0.1) is 0 Å². The molecule has 0 heterocycles. The second-order valence-electron chi connectivity index (χ2n) is 7.44. The van der Waals surface area contributed by atoms with E-state index in [1.807, 2.05) is 38.1 Å². The zero-order valence-electron chi connectivity index (χ0n) is 17.0. The van der Waals surface area contributed by atoms with Crippen LogP contribution in [0.3, 0.4) is 0 Å². The Morgan fingerprint density at radius 1 is 1.07 bits per heavy atom. The summed E-state index contributed by atoms with van der Waals surface area (Å²) in [5.74, 6) is -1.03. The molecule has 7 nitrogen and oxygen atoms in total. The molecule has 0 radical (unpaired) electrons. The molecule has 2 rings (SSSR count). The lowest BCUT2D eigenvalue weighted by molar-refractivity contribution is -0.138. The monoisotopic (exact) mass is 398 g/mol. The number of anilines is 1. The van der Waals surface area contributed by atoms with Gasteiger partial charge in [-0.3, -0.25) is 14.4 Å². The van der Waals surface area contributed by atoms with Crippen molar-refractivity contribution in [1.29, 1.82) is 0 Å². The third-order valence-electron chi connectivity index (χ3n) is 4.56. The van der Waals surface area contributed by atoms with Gasteiger partial charge in [-0.2, -0.15) is 0 Å². The number of carboxylic acids is 1. The SMILES string of the molecule is COc1ccccc1CC(C)(C)C(=O)Nc1ccc(C(=O)NC(C)C(=O)O)cc1. The molecule has 0 aliphatic heterocycles. The second-order valence-corrected chi connectivity index (χ2v) is 7.44. The molecule has 7 heteroatoms. The fraction of sp³-hybridized carbons (Fsp3) is 0.318. The maximum absolute atomic E-state index is 12.8. The van der Waals surface area contributed by atoms with Crippen LogP contribution in [0.2, 0.25) is 0 Å². The fourth-order valence-corrected chi connectivity index (χ4v) is 2.75. The Balaban J connectivity index is 2.04. The van der Waals surface area contributed by atoms with E-state index in [0.717, 1.165) is 11.3 Å². The van der Waals surface area contributed by atoms with Gasteiger partial charge in [-0.25, -0.2) is 0 Å². The van der Waals surface area contributed by atoms with E-state index < -0.39 is 23.3 Å². The minimum Gasteiger partial charge on any atom is -0.496 e. The van der Waals surface area contributed by atoms with E-state index >= 15 is 0 Å². The van der Waals surface area contributed by atoms with Crippen LogP contribution in [-0.2, 0) is 16.0 Å². The molecule has 0 aromatic heterocycles. The van der Waals surface area contributed by atoms with Gasteiger partial charge in [0.2, 0.25) is 5.91 Å². The topological polar surface area (TPSA) is 105 Å². The van der Waals surface area contributed by atoms with E-state index in [4.69, 9.17) is 9.84 Å². The first-order chi connectivity index (χ1) is 13.6. The van der Waals surface area contributed by atoms with Crippen molar-refractivity contribution in [1.82, 2.24) is 5.32 Å². The summed E-state index contributed by atoms with van der Waals surface area (Å²) in [5.41, 5.74) is 1.10. The molecule has 0 aliphatic carbocycles. The molecule has 0 saturated heterocycles. The van der Waals surface area contributed by atoms with Gasteiger partial charge in [0, 0.05) is 16.7 Å². The second kappa shape index (κ2) is 9.23. The van der Waals surface area contributed by atoms with Crippen LogP contribution >= 0.6 is 0 Å². The van der Waals surface area contributed by atoms with Gasteiger partial charge in [0.15, 0.2) is 0 Å². The number of para-hydroxylation sites is 1. The molecule has 0 aliphatic rings. The molecular weight excluding hydrogens is 372 g/mol. The molecule has 2 aromatic rings. The quantitative estimate of drug-likeness (QED) is 0.634. The van der Waals surface area contributed by atoms with Crippen molar-refractivity contribution in [2.75, 3.05) is 12.4 Å². The molecule has 154 valence electrons. The van der Waals surface area contributed by atoms with Crippen LogP contribution in [0.5, 0.6) is 5.75 Å². The van der Waals surface area contributed by atoms with Crippen molar-refractivity contribution in [3.8, 4) is 5.75 Å². The lowest BCUT2D eigenvalue weighted by Gasteiger charge is -2.24. The largest absolute Gasteiger partial charge is 0.496 e. The van der Waals surface area contributed by atoms with Gasteiger partial charge in [0.1, 0.15) is 11.8 Å². The Hall–Kier alpha value is -3.35. The minimum absolute atomic E-state index is 0.167. The normalized spacial score (nSPS) is 12.0. The number of amides is 2. The third-order valence-corrected chi connectivity index (χ3v) is 4.56. The molecule has 2 amide bonds. The van der Waals surface area contributed by atoms with Crippen molar-refractivity contribution in [2.24, 2.45) is 5.41 Å². The van der Waals surface area contributed by atoms with Gasteiger partial charge in [0.05, 0.1) is 7.11 Å². The van der Waals surface area contributed by atoms with Gasteiger partial charge in [0.25, 0.3) is 5.91 Å². The van der Waals surface area contributed by atoms with Crippen LogP contribution in [0.4, 0.5) is 5.69 Å². The number of hydrogen-bond donors (Lipinski definition) is 3. The number of rotatable bonds is 8. The van der Waals surface area contributed by atoms with Crippen LogP contribution < -0.4 is 15.4 Å². The highest BCUT2D eigenvalue weighted by Gasteiger charge is 2.29. The van der Waals surface area contributed by atoms with Gasteiger partial charge < -0.3 is 20.5 Å². The average Bonchev–Trinajstić information content (AvgIpc) is 2.68. The standard InChI is InChI=1S/C22H26N2O5/c1-14(20(26)27)23-19(25)15-9-11-17(12-10-15)24-21(28)22(2,3)13-16-7-5-6-8-18(16)29-4/h5-12,14H,13H2,1-4H3,(H,23,25)(H,24,28)(H,26,27). The molecule has 0 saturated carbocycles. The summed E-state index contributed by atoms with van der Waals surface area (Å²) in [7, 11) is 1.60. The van der Waals surface area contributed by atoms with Gasteiger partial charge >= 0.3 is 5.97 Å². The van der Waals surface area contributed by atoms with E-state index in [1.54, 1.807) is 19.2 Å². The highest BCUT2D eigenvalue weighted by molar-refractivity contribution is 5.98. The Labute approximate surface area is 170 Å². The summed E-state index contributed by atoms with van der Waals surface area (Å²) < 4.78 is 5.36. The van der Waals surface area contributed by atoms with Crippen LogP contribution in [0.15, 0.2) is 48.5 Å². The lowest BCUT2D eigenvalue weighted by atomic mass is 9.84. The maximum Gasteiger partial charge on any atom is 0.325 e. The van der Waals surface area contributed by atoms with Crippen molar-refractivity contribution in [2.45, 2.75) is 33.2 Å². The van der Waals surface area contributed by atoms with E-state index in [9.17, 15) is 14.4 Å². The Morgan fingerprint density at radius 2 is 1.69 bits per heavy atom. The van der Waals surface area contributed by atoms with Crippen molar-refractivity contribution in [3.05, 3.63) is 59.7 Å². The minimum atomic E-state index is -1.11. The summed E-state index contributed by atoms with van der Waals surface area (Å²) in [6.45, 7) is 5.09. The van der Waals surface area contributed by atoms with Gasteiger partial charge in [-0.05, 0) is 49.2 Å². The zero-order chi connectivity index (χ0) is 21.6. The lowest BCUT2D eigenvalue weighted by Crippen LogP contribution is -2.38. The zero-order valence-corrected chi connectivity index (χ0v) is 17.0. The predicted octanol–water partition coefficient (Wildman–Crippen LogP) is 3.11. The maximum atomic E-state index is 12.8. The van der Waals surface area contributed by atoms with Crippen molar-refractivity contribution >= 4 is 23.5 Å². The number of nitrogens with one attached hydrogen (secondary N) is 2. The Morgan fingerprint density at radius 3 is 2.28 bits per heavy atom. The molecule has 2 aromatic carbocycles. The number of ether oxygens (including phenoxy) is 1. The van der Waals surface area contributed by atoms with Crippen molar-refractivity contribution < 1.29 is 24.2 Å². The van der Waals surface area contributed by atoms with E-state index in [1.165, 1.54) is 19.1 Å². The average molecular weight is 398 g/mol. The van der Waals surface area contributed by atoms with Crippen LogP contribution in [0.1, 0.15) is 36.7 Å². The summed E-state index contributed by atoms with van der Waals surface area (Å²) in [5, 5.41) is 14.1. The van der Waals surface area contributed by atoms with Crippen LogP contribution in [-0.4, -0.2) is 36.0 Å². The summed E-state index contributed by atoms with van der Waals surface area (Å²) in [6, 6.07) is 12.9. The van der Waals surface area contributed by atoms with Crippen molar-refractivity contribution in [3.63, 3.8) is 0 Å². The Kier molecular flexibility index (Phi) is 6.98. The number of carbonyl (C=O) groups excluding carboxylic acids is 2. The molecule has 3 N–H and O–H groups in total. The van der Waals surface area contributed by atoms with Crippen LogP contribution in [0.25, 0.3) is 0 Å². The first-order valence-electron chi connectivity index (χ1n) is 9.21. The molecule has 0 spiro atoms. The van der Waals surface area contributed by atoms with Crippen LogP contribution in [0, 0.1) is 5.41 Å². The number of aliphatic carboxylic acids is 1. The summed E-state index contributed by atoms with van der Waals surface area (Å²) in [4.78, 5) is 35.7. The smallest absolute Gasteiger partial charge is 0.325 e. The van der Waals surface area contributed by atoms with E-state index in [2.05, 4.69) is 10.6 Å². The summed E-state index contributed by atoms with van der Waals surface area (Å²) in [6.07, 6.45) is 0.496. The summed E-state index contributed by atoms with van der Waals surface area (Å²) >= 11 is 0. The van der Waals surface area contributed by atoms with Gasteiger partial charge in [-0.1, -0.05) is 32.0 Å². The third kappa shape index (κ3) is 5.81. The first-order valence-corrected chi connectivity index (χ1v) is 9.21. The molecule has 0 fully saturated rings. The van der Waals surface area contributed by atoms with E-state index in [0.29, 0.717) is 17.7 Å². The number of methoxy groups -OCH3 is 1. The Bertz CT molecular complexity index is 890. The number of benzene rings is 2. The highest BCUT2D eigenvalue weighted by atomic mass is 16.5. The highest BCUT2D eigenvalue weighted by Crippen LogP contribution is 2.29. The molecular formula is C22H26N2O5. The number of carbonyl (C=O) groups is 3. The molecule has 1 unspecified atom stereocenters. The van der Waals surface area contributed by atoms with E-state index in [-0.39, 0.29) is 5.91 Å². The first kappa shape index (κ1) is 21.9. The predicted molar refractivity (Wildman–Crippen MR) is 110 cm³/mol. The molecule has 29 heavy (non-hydrogen) atoms.